The second-order valence-corrected chi connectivity index (χ2v) is 7.62. The quantitative estimate of drug-likeness (QED) is 0.388. The molecule has 160 valence electrons. The Bertz CT molecular complexity index is 1080. The van der Waals surface area contributed by atoms with E-state index in [-0.39, 0.29) is 12.3 Å². The zero-order valence-electron chi connectivity index (χ0n) is 17.8. The van der Waals surface area contributed by atoms with Crippen LogP contribution in [0.5, 0.6) is 11.5 Å². The average molecular weight is 437 g/mol. The molecule has 5 nitrogen and oxygen atoms in total. The molecule has 3 aromatic rings. The van der Waals surface area contributed by atoms with Gasteiger partial charge in [0.05, 0.1) is 24.8 Å². The molecule has 0 aliphatic heterocycles. The average Bonchev–Trinajstić information content (AvgIpc) is 2.75. The van der Waals surface area contributed by atoms with Crippen molar-refractivity contribution >= 4 is 23.7 Å². The smallest absolute Gasteiger partial charge is 0.244 e. The minimum atomic E-state index is -0.191. The molecule has 1 amide bonds. The topological polar surface area (TPSA) is 59.9 Å². The maximum absolute atomic E-state index is 12.2. The molecule has 6 heteroatoms. The Morgan fingerprint density at radius 3 is 2.58 bits per heavy atom. The van der Waals surface area contributed by atoms with Crippen LogP contribution in [0.2, 0.25) is 5.02 Å². The molecule has 0 saturated heterocycles. The van der Waals surface area contributed by atoms with E-state index in [1.54, 1.807) is 19.2 Å². The zero-order chi connectivity index (χ0) is 22.2. The molecule has 0 radical (unpaired) electrons. The summed E-state index contributed by atoms with van der Waals surface area (Å²) < 4.78 is 11.3. The van der Waals surface area contributed by atoms with Gasteiger partial charge in [0.1, 0.15) is 6.61 Å². The van der Waals surface area contributed by atoms with Gasteiger partial charge in [-0.3, -0.25) is 4.79 Å². The minimum absolute atomic E-state index is 0.191. The number of carbonyl (C=O) groups excluding carboxylic acids is 1. The van der Waals surface area contributed by atoms with Crippen LogP contribution < -0.4 is 14.9 Å². The summed E-state index contributed by atoms with van der Waals surface area (Å²) in [5, 5.41) is 4.45. The number of hydrazone groups is 1. The van der Waals surface area contributed by atoms with E-state index >= 15 is 0 Å². The molecule has 0 heterocycles. The minimum Gasteiger partial charge on any atom is -0.493 e. The van der Waals surface area contributed by atoms with Gasteiger partial charge in [0.25, 0.3) is 0 Å². The van der Waals surface area contributed by atoms with E-state index in [0.29, 0.717) is 28.7 Å². The van der Waals surface area contributed by atoms with Gasteiger partial charge in [-0.2, -0.15) is 5.10 Å². The van der Waals surface area contributed by atoms with Crippen LogP contribution in [0.25, 0.3) is 0 Å². The van der Waals surface area contributed by atoms with E-state index in [4.69, 9.17) is 21.1 Å². The van der Waals surface area contributed by atoms with Crippen molar-refractivity contribution in [3.63, 3.8) is 0 Å². The third-order valence-electron chi connectivity index (χ3n) is 4.73. The third kappa shape index (κ3) is 6.33. The van der Waals surface area contributed by atoms with Crippen molar-refractivity contribution in [2.45, 2.75) is 26.9 Å². The first-order valence-electron chi connectivity index (χ1n) is 9.88. The first-order valence-corrected chi connectivity index (χ1v) is 10.3. The predicted octanol–water partition coefficient (Wildman–Crippen LogP) is 5.24. The van der Waals surface area contributed by atoms with Gasteiger partial charge in [-0.25, -0.2) is 5.43 Å². The maximum atomic E-state index is 12.2. The van der Waals surface area contributed by atoms with E-state index in [0.717, 1.165) is 16.7 Å². The van der Waals surface area contributed by atoms with Crippen LogP contribution in [0.1, 0.15) is 27.8 Å². The van der Waals surface area contributed by atoms with Crippen LogP contribution in [0.3, 0.4) is 0 Å². The molecule has 0 atom stereocenters. The lowest BCUT2D eigenvalue weighted by molar-refractivity contribution is -0.120. The number of benzene rings is 3. The molecule has 31 heavy (non-hydrogen) atoms. The molecule has 3 aromatic carbocycles. The van der Waals surface area contributed by atoms with E-state index in [2.05, 4.69) is 16.6 Å². The lowest BCUT2D eigenvalue weighted by Gasteiger charge is -2.13. The molecular formula is C25H25ClN2O3. The summed E-state index contributed by atoms with van der Waals surface area (Å²) in [6.45, 7) is 4.39. The molecule has 0 saturated carbocycles. The van der Waals surface area contributed by atoms with Gasteiger partial charge in [0.15, 0.2) is 11.5 Å². The standard InChI is InChI=1S/C25H25ClN2O3/c1-17-9-10-21(18(2)11-17)14-24(29)28-27-15-20-12-22(26)25(23(13-20)30-3)31-16-19-7-5-4-6-8-19/h4-13,15H,14,16H2,1-3H3,(H,28,29)/b27-15+. The summed E-state index contributed by atoms with van der Waals surface area (Å²) >= 11 is 6.40. The van der Waals surface area contributed by atoms with Crippen molar-refractivity contribution in [1.82, 2.24) is 5.43 Å². The van der Waals surface area contributed by atoms with Crippen LogP contribution >= 0.6 is 11.6 Å². The predicted molar refractivity (Wildman–Crippen MR) is 124 cm³/mol. The van der Waals surface area contributed by atoms with Crippen molar-refractivity contribution in [3.8, 4) is 11.5 Å². The summed E-state index contributed by atoms with van der Waals surface area (Å²) in [5.41, 5.74) is 7.49. The first kappa shape index (κ1) is 22.4. The van der Waals surface area contributed by atoms with Gasteiger partial charge >= 0.3 is 0 Å². The Kier molecular flexibility index (Phi) is 7.68. The number of ether oxygens (including phenoxy) is 2. The van der Waals surface area contributed by atoms with Crippen LogP contribution in [0, 0.1) is 13.8 Å². The van der Waals surface area contributed by atoms with Gasteiger partial charge in [0.2, 0.25) is 5.91 Å². The van der Waals surface area contributed by atoms with Crippen molar-refractivity contribution in [1.29, 1.82) is 0 Å². The normalized spacial score (nSPS) is 10.8. The Labute approximate surface area is 187 Å². The van der Waals surface area contributed by atoms with Gasteiger partial charge in [-0.15, -0.1) is 0 Å². The number of amides is 1. The zero-order valence-corrected chi connectivity index (χ0v) is 18.6. The summed E-state index contributed by atoms with van der Waals surface area (Å²) in [6, 6.07) is 19.3. The van der Waals surface area contributed by atoms with Crippen molar-refractivity contribution < 1.29 is 14.3 Å². The summed E-state index contributed by atoms with van der Waals surface area (Å²) in [6.07, 6.45) is 1.79. The first-order chi connectivity index (χ1) is 15.0. The Morgan fingerprint density at radius 1 is 1.10 bits per heavy atom. The van der Waals surface area contributed by atoms with Gasteiger partial charge in [-0.05, 0) is 48.2 Å². The second-order valence-electron chi connectivity index (χ2n) is 7.21. The Hall–Kier alpha value is -3.31. The number of rotatable bonds is 8. The number of hydrogen-bond donors (Lipinski definition) is 1. The Morgan fingerprint density at radius 2 is 1.87 bits per heavy atom. The number of aryl methyl sites for hydroxylation is 2. The number of hydrogen-bond acceptors (Lipinski definition) is 4. The van der Waals surface area contributed by atoms with Crippen LogP contribution in [-0.2, 0) is 17.8 Å². The van der Waals surface area contributed by atoms with E-state index in [1.807, 2.05) is 56.3 Å². The lowest BCUT2D eigenvalue weighted by Crippen LogP contribution is -2.20. The molecule has 3 rings (SSSR count). The molecule has 0 aromatic heterocycles. The molecule has 0 aliphatic carbocycles. The monoisotopic (exact) mass is 436 g/mol. The lowest BCUT2D eigenvalue weighted by atomic mass is 10.0. The third-order valence-corrected chi connectivity index (χ3v) is 5.01. The van der Waals surface area contributed by atoms with Crippen molar-refractivity contribution in [2.75, 3.05) is 7.11 Å². The fourth-order valence-electron chi connectivity index (χ4n) is 3.12. The van der Waals surface area contributed by atoms with E-state index in [1.165, 1.54) is 11.8 Å². The van der Waals surface area contributed by atoms with E-state index < -0.39 is 0 Å². The van der Waals surface area contributed by atoms with Gasteiger partial charge < -0.3 is 9.47 Å². The molecule has 0 fully saturated rings. The highest BCUT2D eigenvalue weighted by Crippen LogP contribution is 2.36. The summed E-state index contributed by atoms with van der Waals surface area (Å²) in [7, 11) is 1.55. The molecule has 0 aliphatic rings. The summed E-state index contributed by atoms with van der Waals surface area (Å²) in [4.78, 5) is 12.2. The highest BCUT2D eigenvalue weighted by Gasteiger charge is 2.12. The number of halogens is 1. The number of carbonyl (C=O) groups is 1. The fraction of sp³-hybridized carbons (Fsp3) is 0.200. The number of nitrogens with one attached hydrogen (secondary N) is 1. The highest BCUT2D eigenvalue weighted by atomic mass is 35.5. The molecule has 0 spiro atoms. The largest absolute Gasteiger partial charge is 0.493 e. The highest BCUT2D eigenvalue weighted by molar-refractivity contribution is 6.32. The van der Waals surface area contributed by atoms with Crippen LogP contribution in [0.4, 0.5) is 0 Å². The van der Waals surface area contributed by atoms with Crippen molar-refractivity contribution in [3.05, 3.63) is 93.5 Å². The van der Waals surface area contributed by atoms with Crippen LogP contribution in [-0.4, -0.2) is 19.2 Å². The number of methoxy groups -OCH3 is 1. The maximum Gasteiger partial charge on any atom is 0.244 e. The summed E-state index contributed by atoms with van der Waals surface area (Å²) in [5.74, 6) is 0.764. The van der Waals surface area contributed by atoms with Crippen LogP contribution in [0.15, 0.2) is 65.8 Å². The molecule has 0 bridgehead atoms. The molecule has 1 N–H and O–H groups in total. The van der Waals surface area contributed by atoms with Gasteiger partial charge in [0, 0.05) is 0 Å². The fourth-order valence-corrected chi connectivity index (χ4v) is 3.39. The van der Waals surface area contributed by atoms with E-state index in [9.17, 15) is 4.79 Å². The molecule has 0 unspecified atom stereocenters. The number of nitrogens with zero attached hydrogens (tertiary/aromatic N) is 1. The molecular weight excluding hydrogens is 412 g/mol. The SMILES string of the molecule is COc1cc(/C=N/NC(=O)Cc2ccc(C)cc2C)cc(Cl)c1OCc1ccccc1. The Balaban J connectivity index is 1.63. The second kappa shape index (κ2) is 10.6. The van der Waals surface area contributed by atoms with Crippen molar-refractivity contribution in [2.24, 2.45) is 5.10 Å². The van der Waals surface area contributed by atoms with Gasteiger partial charge in [-0.1, -0.05) is 65.7 Å².